The minimum atomic E-state index is -0.898. The van der Waals surface area contributed by atoms with Crippen molar-refractivity contribution in [1.82, 2.24) is 4.90 Å². The van der Waals surface area contributed by atoms with E-state index < -0.39 is 5.97 Å². The standard InChI is InChI=1S/C18H23NO5S/c1-3-4-13-5-6-15(16(9-13)23-2)24-11-17(20)19-7-8-25-12-14(19)10-18(21)22/h3,5-6,9,14H,1,4,7-8,10-12H2,2H3,(H,21,22). The third-order valence-corrected chi connectivity index (χ3v) is 5.01. The van der Waals surface area contributed by atoms with Gasteiger partial charge >= 0.3 is 5.97 Å². The highest BCUT2D eigenvalue weighted by molar-refractivity contribution is 7.99. The van der Waals surface area contributed by atoms with Crippen molar-refractivity contribution < 1.29 is 24.2 Å². The fourth-order valence-corrected chi connectivity index (χ4v) is 3.76. The molecule has 1 amide bonds. The third-order valence-electron chi connectivity index (χ3n) is 3.92. The quantitative estimate of drug-likeness (QED) is 0.712. The Bertz CT molecular complexity index is 634. The Morgan fingerprint density at radius 2 is 2.24 bits per heavy atom. The van der Waals surface area contributed by atoms with Gasteiger partial charge in [-0.05, 0) is 24.1 Å². The number of thioether (sulfide) groups is 1. The zero-order valence-electron chi connectivity index (χ0n) is 14.3. The Balaban J connectivity index is 2.00. The van der Waals surface area contributed by atoms with Gasteiger partial charge in [0.25, 0.3) is 5.91 Å². The second kappa shape index (κ2) is 9.36. The molecule has 0 spiro atoms. The molecule has 1 unspecified atom stereocenters. The Labute approximate surface area is 151 Å². The van der Waals surface area contributed by atoms with Crippen LogP contribution in [0.5, 0.6) is 11.5 Å². The average molecular weight is 365 g/mol. The summed E-state index contributed by atoms with van der Waals surface area (Å²) in [4.78, 5) is 25.1. The topological polar surface area (TPSA) is 76.1 Å². The monoisotopic (exact) mass is 365 g/mol. The molecule has 6 nitrogen and oxygen atoms in total. The molecule has 1 aromatic rings. The van der Waals surface area contributed by atoms with Gasteiger partial charge in [-0.3, -0.25) is 9.59 Å². The van der Waals surface area contributed by atoms with Gasteiger partial charge in [-0.1, -0.05) is 12.1 Å². The van der Waals surface area contributed by atoms with E-state index in [1.165, 1.54) is 0 Å². The summed E-state index contributed by atoms with van der Waals surface area (Å²) in [5, 5.41) is 9.01. The van der Waals surface area contributed by atoms with E-state index in [-0.39, 0.29) is 25.0 Å². The maximum atomic E-state index is 12.5. The van der Waals surface area contributed by atoms with E-state index in [1.807, 2.05) is 12.1 Å². The van der Waals surface area contributed by atoms with Gasteiger partial charge in [0.2, 0.25) is 0 Å². The minimum Gasteiger partial charge on any atom is -0.493 e. The Morgan fingerprint density at radius 1 is 1.44 bits per heavy atom. The second-order valence-corrected chi connectivity index (χ2v) is 6.83. The lowest BCUT2D eigenvalue weighted by Crippen LogP contribution is -2.48. The maximum absolute atomic E-state index is 12.5. The van der Waals surface area contributed by atoms with Gasteiger partial charge < -0.3 is 19.5 Å². The van der Waals surface area contributed by atoms with E-state index in [0.717, 1.165) is 17.7 Å². The predicted octanol–water partition coefficient (Wildman–Crippen LogP) is 2.22. The molecule has 1 N–H and O–H groups in total. The molecule has 1 fully saturated rings. The van der Waals surface area contributed by atoms with Crippen molar-refractivity contribution in [2.24, 2.45) is 0 Å². The molecule has 1 aromatic carbocycles. The number of hydrogen-bond acceptors (Lipinski definition) is 5. The highest BCUT2D eigenvalue weighted by Gasteiger charge is 2.29. The van der Waals surface area contributed by atoms with Crippen molar-refractivity contribution in [3.05, 3.63) is 36.4 Å². The number of carbonyl (C=O) groups is 2. The van der Waals surface area contributed by atoms with Gasteiger partial charge in [-0.15, -0.1) is 6.58 Å². The number of allylic oxidation sites excluding steroid dienone is 1. The zero-order chi connectivity index (χ0) is 18.2. The molecule has 7 heteroatoms. The van der Waals surface area contributed by atoms with Crippen LogP contribution in [0.4, 0.5) is 0 Å². The van der Waals surface area contributed by atoms with E-state index in [4.69, 9.17) is 14.6 Å². The number of rotatable bonds is 8. The number of carbonyl (C=O) groups excluding carboxylic acids is 1. The number of aliphatic carboxylic acids is 1. The van der Waals surface area contributed by atoms with Crippen LogP contribution in [0.3, 0.4) is 0 Å². The van der Waals surface area contributed by atoms with Gasteiger partial charge in [0.15, 0.2) is 18.1 Å². The molecule has 1 aliphatic rings. The molecule has 1 heterocycles. The van der Waals surface area contributed by atoms with E-state index in [2.05, 4.69) is 6.58 Å². The van der Waals surface area contributed by atoms with Crippen molar-refractivity contribution in [3.8, 4) is 11.5 Å². The first-order valence-electron chi connectivity index (χ1n) is 8.04. The van der Waals surface area contributed by atoms with Crippen LogP contribution in [0.2, 0.25) is 0 Å². The number of ether oxygens (including phenoxy) is 2. The van der Waals surface area contributed by atoms with Crippen LogP contribution in [0.15, 0.2) is 30.9 Å². The molecule has 1 aliphatic heterocycles. The smallest absolute Gasteiger partial charge is 0.305 e. The Morgan fingerprint density at radius 3 is 2.92 bits per heavy atom. The fraction of sp³-hybridized carbons (Fsp3) is 0.444. The molecule has 1 atom stereocenters. The molecule has 0 radical (unpaired) electrons. The number of carboxylic acids is 1. The SMILES string of the molecule is C=CCc1ccc(OCC(=O)N2CCSCC2CC(=O)O)c(OC)c1. The van der Waals surface area contributed by atoms with Gasteiger partial charge in [0, 0.05) is 18.1 Å². The summed E-state index contributed by atoms with van der Waals surface area (Å²) in [6.45, 7) is 4.11. The van der Waals surface area contributed by atoms with E-state index in [9.17, 15) is 9.59 Å². The predicted molar refractivity (Wildman–Crippen MR) is 97.5 cm³/mol. The molecule has 136 valence electrons. The largest absolute Gasteiger partial charge is 0.493 e. The molecule has 2 rings (SSSR count). The van der Waals surface area contributed by atoms with Crippen LogP contribution in [0.1, 0.15) is 12.0 Å². The Hall–Kier alpha value is -2.15. The van der Waals surface area contributed by atoms with Crippen molar-refractivity contribution in [3.63, 3.8) is 0 Å². The van der Waals surface area contributed by atoms with Gasteiger partial charge in [-0.2, -0.15) is 11.8 Å². The van der Waals surface area contributed by atoms with E-state index in [0.29, 0.717) is 23.8 Å². The van der Waals surface area contributed by atoms with Crippen molar-refractivity contribution in [2.45, 2.75) is 18.9 Å². The normalized spacial score (nSPS) is 17.0. The van der Waals surface area contributed by atoms with Crippen LogP contribution in [-0.2, 0) is 16.0 Å². The van der Waals surface area contributed by atoms with Crippen LogP contribution in [0.25, 0.3) is 0 Å². The lowest BCUT2D eigenvalue weighted by atomic mass is 10.1. The molecule has 0 saturated carbocycles. The van der Waals surface area contributed by atoms with Gasteiger partial charge in [-0.25, -0.2) is 0 Å². The summed E-state index contributed by atoms with van der Waals surface area (Å²) >= 11 is 1.67. The minimum absolute atomic E-state index is 0.0433. The van der Waals surface area contributed by atoms with E-state index >= 15 is 0 Å². The number of carboxylic acid groups (broad SMARTS) is 1. The number of nitrogens with zero attached hydrogens (tertiary/aromatic N) is 1. The number of methoxy groups -OCH3 is 1. The first kappa shape index (κ1) is 19.2. The van der Waals surface area contributed by atoms with Crippen LogP contribution < -0.4 is 9.47 Å². The summed E-state index contributed by atoms with van der Waals surface area (Å²) < 4.78 is 11.0. The summed E-state index contributed by atoms with van der Waals surface area (Å²) in [5.41, 5.74) is 1.04. The lowest BCUT2D eigenvalue weighted by molar-refractivity contribution is -0.141. The lowest BCUT2D eigenvalue weighted by Gasteiger charge is -2.34. The molecule has 25 heavy (non-hydrogen) atoms. The van der Waals surface area contributed by atoms with Gasteiger partial charge in [0.1, 0.15) is 0 Å². The zero-order valence-corrected chi connectivity index (χ0v) is 15.1. The second-order valence-electron chi connectivity index (χ2n) is 5.68. The van der Waals surface area contributed by atoms with Gasteiger partial charge in [0.05, 0.1) is 19.6 Å². The first-order chi connectivity index (χ1) is 12.0. The fourth-order valence-electron chi connectivity index (χ4n) is 2.70. The number of amides is 1. The molecular formula is C18H23NO5S. The maximum Gasteiger partial charge on any atom is 0.305 e. The Kier molecular flexibility index (Phi) is 7.18. The van der Waals surface area contributed by atoms with E-state index in [1.54, 1.807) is 35.9 Å². The molecule has 0 aromatic heterocycles. The highest BCUT2D eigenvalue weighted by atomic mass is 32.2. The van der Waals surface area contributed by atoms with Crippen molar-refractivity contribution in [1.29, 1.82) is 0 Å². The molecule has 0 bridgehead atoms. The van der Waals surface area contributed by atoms with Crippen molar-refractivity contribution in [2.75, 3.05) is 31.8 Å². The third kappa shape index (κ3) is 5.42. The highest BCUT2D eigenvalue weighted by Crippen LogP contribution is 2.28. The van der Waals surface area contributed by atoms with Crippen LogP contribution in [0, 0.1) is 0 Å². The molecule has 1 saturated heterocycles. The average Bonchev–Trinajstić information content (AvgIpc) is 2.60. The summed E-state index contributed by atoms with van der Waals surface area (Å²) in [5.74, 6) is 1.39. The first-order valence-corrected chi connectivity index (χ1v) is 9.20. The number of benzene rings is 1. The summed E-state index contributed by atoms with van der Waals surface area (Å²) in [6.07, 6.45) is 2.48. The van der Waals surface area contributed by atoms with Crippen LogP contribution in [-0.4, -0.2) is 59.7 Å². The number of hydrogen-bond donors (Lipinski definition) is 1. The molecule has 0 aliphatic carbocycles. The molecular weight excluding hydrogens is 342 g/mol. The summed E-state index contributed by atoms with van der Waals surface area (Å²) in [7, 11) is 1.55. The summed E-state index contributed by atoms with van der Waals surface area (Å²) in [6, 6.07) is 5.23. The van der Waals surface area contributed by atoms with Crippen LogP contribution >= 0.6 is 11.8 Å². The van der Waals surface area contributed by atoms with Crippen molar-refractivity contribution >= 4 is 23.6 Å².